The molecule has 49 heavy (non-hydrogen) atoms. The summed E-state index contributed by atoms with van der Waals surface area (Å²) in [5, 5.41) is -0.857. The number of fused-ring (bicyclic) bond motifs is 6. The zero-order valence-electron chi connectivity index (χ0n) is 48.9. The zero-order valence-corrected chi connectivity index (χ0v) is 24.9. The monoisotopic (exact) mass is 646 g/mol. The number of para-hydroxylation sites is 1. The predicted molar refractivity (Wildman–Crippen MR) is 208 cm³/mol. The first-order valence-corrected chi connectivity index (χ1v) is 14.9. The van der Waals surface area contributed by atoms with Gasteiger partial charge in [0.1, 0.15) is 11.2 Å². The lowest BCUT2D eigenvalue weighted by Crippen LogP contribution is -1.90. The lowest BCUT2D eigenvalue weighted by atomic mass is 9.85. The number of hydrogen-bond donors (Lipinski definition) is 0. The smallest absolute Gasteiger partial charge is 0.143 e. The number of furan rings is 1. The molecule has 1 nitrogen and oxygen atoms in total. The van der Waals surface area contributed by atoms with E-state index in [0.29, 0.717) is 10.8 Å². The van der Waals surface area contributed by atoms with Crippen LogP contribution in [0.2, 0.25) is 0 Å². The van der Waals surface area contributed by atoms with Crippen LogP contribution >= 0.6 is 0 Å². The van der Waals surface area contributed by atoms with Crippen molar-refractivity contribution in [3.63, 3.8) is 0 Å². The molecule has 0 aliphatic rings. The van der Waals surface area contributed by atoms with Gasteiger partial charge in [0, 0.05) is 16.3 Å². The maximum atomic E-state index is 9.28. The minimum atomic E-state index is -0.799. The molecular weight excluding hydrogens is 593 g/mol. The fourth-order valence-electron chi connectivity index (χ4n) is 6.34. The van der Waals surface area contributed by atoms with Crippen molar-refractivity contribution in [3.05, 3.63) is 181 Å². The molecule has 0 atom stereocenters. The average molecular weight is 647 g/mol. The predicted octanol–water partition coefficient (Wildman–Crippen LogP) is 13.7. The summed E-state index contributed by atoms with van der Waals surface area (Å²) in [6.07, 6.45) is 0. The van der Waals surface area contributed by atoms with Crippen LogP contribution in [0.5, 0.6) is 0 Å². The number of benzene rings is 9. The van der Waals surface area contributed by atoms with Crippen LogP contribution < -0.4 is 0 Å². The lowest BCUT2D eigenvalue weighted by Gasteiger charge is -2.18. The Balaban J connectivity index is 1.29. The molecule has 9 aromatic carbocycles. The number of rotatable bonds is 4. The van der Waals surface area contributed by atoms with Crippen molar-refractivity contribution in [2.24, 2.45) is 0 Å². The first kappa shape index (κ1) is 12.9. The van der Waals surface area contributed by atoms with Crippen LogP contribution in [0.4, 0.5) is 0 Å². The molecule has 0 saturated carbocycles. The van der Waals surface area contributed by atoms with Crippen molar-refractivity contribution in [1.29, 1.82) is 0 Å². The van der Waals surface area contributed by atoms with Crippen LogP contribution in [0.1, 0.15) is 32.9 Å². The molecule has 228 valence electrons. The Morgan fingerprint density at radius 3 is 1.51 bits per heavy atom. The summed E-state index contributed by atoms with van der Waals surface area (Å²) < 4.78 is 217. The van der Waals surface area contributed by atoms with Crippen LogP contribution in [0.3, 0.4) is 0 Å². The third kappa shape index (κ3) is 4.40. The van der Waals surface area contributed by atoms with Gasteiger partial charge in [-0.25, -0.2) is 0 Å². The fourth-order valence-corrected chi connectivity index (χ4v) is 6.34. The fraction of sp³-hybridized carbons (Fsp3) is 0. The van der Waals surface area contributed by atoms with Crippen molar-refractivity contribution >= 4 is 54.3 Å². The van der Waals surface area contributed by atoms with E-state index in [-0.39, 0.29) is 60.2 Å². The summed E-state index contributed by atoms with van der Waals surface area (Å²) in [6, 6.07) is -7.91. The summed E-state index contributed by atoms with van der Waals surface area (Å²) in [5.41, 5.74) is -2.48. The Hall–Kier alpha value is -6.44. The molecular formula is C48H30O. The summed E-state index contributed by atoms with van der Waals surface area (Å²) in [4.78, 5) is 0. The van der Waals surface area contributed by atoms with E-state index in [1.165, 1.54) is 12.1 Å². The first-order chi connectivity index (χ1) is 34.3. The molecule has 0 amide bonds. The minimum Gasteiger partial charge on any atom is -0.455 e. The van der Waals surface area contributed by atoms with Gasteiger partial charge in [-0.05, 0) is 89.4 Å². The van der Waals surface area contributed by atoms with E-state index in [0.717, 1.165) is 0 Å². The average Bonchev–Trinajstić information content (AvgIpc) is 3.77. The van der Waals surface area contributed by atoms with Gasteiger partial charge in [-0.3, -0.25) is 0 Å². The molecule has 0 radical (unpaired) electrons. The van der Waals surface area contributed by atoms with Gasteiger partial charge in [-0.1, -0.05) is 163 Å². The SMILES string of the molecule is [2H]c1c([2H])c([2H])c(-c2c([2H])c([2H])c([2H])c3c2oc2c([2H])c([2H])c([2H])c(-c4ccc5cc(-c6c7c([2H])c([2H])c([2H])c([2H])c7c(-c7c([2H])c([2H])c([2H])c([2H])c7[2H])c7c([2H])c([2H])c([2H])c([2H])c67)ccc5c4)c23)c([2H])c1[2H]. The Labute approximate surface area is 318 Å². The molecule has 0 N–H and O–H groups in total. The van der Waals surface area contributed by atoms with Crippen LogP contribution in [0, 0.1) is 0 Å². The molecule has 0 aliphatic carbocycles. The van der Waals surface area contributed by atoms with E-state index in [4.69, 9.17) is 30.5 Å². The Kier molecular flexibility index (Phi) is 2.91. The van der Waals surface area contributed by atoms with Gasteiger partial charge in [0.25, 0.3) is 0 Å². The van der Waals surface area contributed by atoms with Gasteiger partial charge >= 0.3 is 0 Å². The van der Waals surface area contributed by atoms with Crippen molar-refractivity contribution in [1.82, 2.24) is 0 Å². The van der Waals surface area contributed by atoms with Crippen molar-refractivity contribution in [3.8, 4) is 44.5 Å². The van der Waals surface area contributed by atoms with Crippen LogP contribution in [0.15, 0.2) is 186 Å². The van der Waals surface area contributed by atoms with Gasteiger partial charge in [0.2, 0.25) is 0 Å². The molecule has 0 fully saturated rings. The molecule has 0 spiro atoms. The molecule has 0 bridgehead atoms. The topological polar surface area (TPSA) is 13.1 Å². The summed E-state index contributed by atoms with van der Waals surface area (Å²) >= 11 is 0. The van der Waals surface area contributed by atoms with Gasteiger partial charge in [0.15, 0.2) is 0 Å². The normalized spacial score (nSPS) is 18.5. The highest BCUT2D eigenvalue weighted by molar-refractivity contribution is 6.22. The second kappa shape index (κ2) is 11.1. The van der Waals surface area contributed by atoms with Crippen LogP contribution in [-0.4, -0.2) is 0 Å². The first-order valence-electron chi connectivity index (χ1n) is 26.9. The van der Waals surface area contributed by atoms with Gasteiger partial charge in [-0.2, -0.15) is 0 Å². The van der Waals surface area contributed by atoms with Gasteiger partial charge in [0.05, 0.1) is 32.9 Å². The summed E-state index contributed by atoms with van der Waals surface area (Å²) in [5.74, 6) is 0. The van der Waals surface area contributed by atoms with Crippen molar-refractivity contribution in [2.75, 3.05) is 0 Å². The maximum absolute atomic E-state index is 9.28. The quantitative estimate of drug-likeness (QED) is 0.173. The second-order valence-electron chi connectivity index (χ2n) is 11.0. The molecule has 0 aliphatic heterocycles. The molecule has 1 aromatic heterocycles. The third-order valence-electron chi connectivity index (χ3n) is 8.42. The standard InChI is InChI=1S/C48H30O/c1-3-13-31(14-4-1)38-22-11-23-43-47-37(21-12-24-44(47)49-48(38)43)35-27-25-34-30-36(28-26-33(34)29-35)46-41-19-9-7-17-39(41)45(32-15-5-2-6-16-32)40-18-8-10-20-42(40)46/h1-30H/i1D,2D,3D,4D,5D,6D,7D,8D,9D,10D,11D,12D,13D,14D,15D,16D,17D,18D,19D,20D,21D,22D,23D,24D. The van der Waals surface area contributed by atoms with Crippen molar-refractivity contribution < 1.29 is 37.3 Å². The molecule has 10 rings (SSSR count). The molecule has 0 unspecified atom stereocenters. The minimum absolute atomic E-state index is 0.0643. The highest BCUT2D eigenvalue weighted by atomic mass is 16.3. The number of hydrogen-bond acceptors (Lipinski definition) is 1. The van der Waals surface area contributed by atoms with Crippen LogP contribution in [-0.2, 0) is 0 Å². The van der Waals surface area contributed by atoms with E-state index >= 15 is 0 Å². The summed E-state index contributed by atoms with van der Waals surface area (Å²) in [6.45, 7) is 0. The Morgan fingerprint density at radius 1 is 0.367 bits per heavy atom. The van der Waals surface area contributed by atoms with Gasteiger partial charge in [-0.15, -0.1) is 0 Å². The molecule has 0 saturated heterocycles. The van der Waals surface area contributed by atoms with Crippen molar-refractivity contribution in [2.45, 2.75) is 0 Å². The summed E-state index contributed by atoms with van der Waals surface area (Å²) in [7, 11) is 0. The zero-order chi connectivity index (χ0) is 53.2. The van der Waals surface area contributed by atoms with E-state index < -0.39 is 173 Å². The van der Waals surface area contributed by atoms with E-state index in [1.807, 2.05) is 0 Å². The highest BCUT2D eigenvalue weighted by Crippen LogP contribution is 2.45. The Morgan fingerprint density at radius 2 is 0.857 bits per heavy atom. The molecule has 10 aromatic rings. The van der Waals surface area contributed by atoms with Crippen LogP contribution in [0.25, 0.3) is 98.8 Å². The molecule has 1 heterocycles. The Bertz CT molecular complexity index is 4120. The van der Waals surface area contributed by atoms with E-state index in [1.54, 1.807) is 24.3 Å². The van der Waals surface area contributed by atoms with E-state index in [9.17, 15) is 6.85 Å². The largest absolute Gasteiger partial charge is 0.455 e. The lowest BCUT2D eigenvalue weighted by molar-refractivity contribution is 0.670. The third-order valence-corrected chi connectivity index (χ3v) is 8.42. The second-order valence-corrected chi connectivity index (χ2v) is 11.0. The van der Waals surface area contributed by atoms with Gasteiger partial charge < -0.3 is 4.42 Å². The highest BCUT2D eigenvalue weighted by Gasteiger charge is 2.18. The van der Waals surface area contributed by atoms with E-state index in [2.05, 4.69) is 0 Å². The maximum Gasteiger partial charge on any atom is 0.143 e. The molecule has 1 heteroatoms.